The minimum absolute atomic E-state index is 0.156. The number of nitrogens with one attached hydrogen (secondary N) is 1. The van der Waals surface area contributed by atoms with Crippen molar-refractivity contribution in [3.05, 3.63) is 68.3 Å². The molecule has 0 atom stereocenters. The Balaban J connectivity index is 1.58. The summed E-state index contributed by atoms with van der Waals surface area (Å²) in [6, 6.07) is 8.60. The molecule has 1 amide bonds. The molecule has 6 nitrogen and oxygen atoms in total. The summed E-state index contributed by atoms with van der Waals surface area (Å²) in [5.41, 5.74) is 0.743. The van der Waals surface area contributed by atoms with Gasteiger partial charge in [0, 0.05) is 11.0 Å². The molecule has 0 fully saturated rings. The number of benzene rings is 1. The van der Waals surface area contributed by atoms with Gasteiger partial charge in [0.15, 0.2) is 5.76 Å². The highest BCUT2D eigenvalue weighted by Crippen LogP contribution is 2.28. The molecule has 0 radical (unpaired) electrons. The molecule has 1 N–H and O–H groups in total. The van der Waals surface area contributed by atoms with E-state index in [2.05, 4.69) is 26.3 Å². The summed E-state index contributed by atoms with van der Waals surface area (Å²) in [6.07, 6.45) is 1.56. The van der Waals surface area contributed by atoms with Gasteiger partial charge in [-0.15, -0.1) is 0 Å². The fraction of sp³-hybridized carbons (Fsp3) is 0.222. The van der Waals surface area contributed by atoms with E-state index < -0.39 is 0 Å². The lowest BCUT2D eigenvalue weighted by Crippen LogP contribution is -2.24. The van der Waals surface area contributed by atoms with Gasteiger partial charge >= 0.3 is 0 Å². The third-order valence-corrected chi connectivity index (χ3v) is 4.87. The number of aromatic nitrogens is 2. The number of hydrogen-bond donors (Lipinski definition) is 1. The van der Waals surface area contributed by atoms with Crippen LogP contribution in [0, 0.1) is 0 Å². The smallest absolute Gasteiger partial charge is 0.287 e. The first-order valence-electron chi connectivity index (χ1n) is 8.13. The summed E-state index contributed by atoms with van der Waals surface area (Å²) in [5, 5.41) is 7.90. The zero-order valence-corrected chi connectivity index (χ0v) is 17.4. The molecule has 27 heavy (non-hydrogen) atoms. The molecule has 0 aliphatic carbocycles. The molecular weight excluding hydrogens is 457 g/mol. The highest BCUT2D eigenvalue weighted by Gasteiger charge is 2.14. The number of hydrogen-bond acceptors (Lipinski definition) is 4. The number of halogens is 3. The second-order valence-electron chi connectivity index (χ2n) is 5.57. The molecule has 1 aromatic carbocycles. The topological polar surface area (TPSA) is 69.3 Å². The molecule has 0 unspecified atom stereocenters. The van der Waals surface area contributed by atoms with Crippen LogP contribution in [-0.4, -0.2) is 15.7 Å². The van der Waals surface area contributed by atoms with E-state index >= 15 is 0 Å². The Labute approximate surface area is 174 Å². The number of ether oxygens (including phenoxy) is 1. The second-order valence-corrected chi connectivity index (χ2v) is 7.30. The molecule has 3 aromatic rings. The number of carbonyl (C=O) groups is 1. The zero-order chi connectivity index (χ0) is 19.4. The van der Waals surface area contributed by atoms with Gasteiger partial charge in [-0.25, -0.2) is 0 Å². The maximum atomic E-state index is 12.3. The number of nitrogens with zero attached hydrogens (tertiary/aromatic N) is 2. The average molecular weight is 473 g/mol. The molecule has 0 saturated carbocycles. The lowest BCUT2D eigenvalue weighted by atomic mass is 10.3. The van der Waals surface area contributed by atoms with Gasteiger partial charge in [-0.05, 0) is 37.3 Å². The van der Waals surface area contributed by atoms with Crippen molar-refractivity contribution in [1.29, 1.82) is 0 Å². The maximum Gasteiger partial charge on any atom is 0.287 e. The van der Waals surface area contributed by atoms with Crippen molar-refractivity contribution < 1.29 is 13.9 Å². The summed E-state index contributed by atoms with van der Waals surface area (Å²) in [4.78, 5) is 12.3. The Morgan fingerprint density at radius 2 is 2.11 bits per heavy atom. The van der Waals surface area contributed by atoms with Crippen LogP contribution in [0.5, 0.6) is 5.75 Å². The van der Waals surface area contributed by atoms with Crippen LogP contribution in [-0.2, 0) is 19.7 Å². The summed E-state index contributed by atoms with van der Waals surface area (Å²) in [5.74, 6) is 0.887. The number of furan rings is 1. The Hall–Kier alpha value is -1.96. The van der Waals surface area contributed by atoms with Gasteiger partial charge in [-0.2, -0.15) is 5.10 Å². The largest absolute Gasteiger partial charge is 0.484 e. The molecule has 2 heterocycles. The van der Waals surface area contributed by atoms with Gasteiger partial charge in [0.25, 0.3) is 5.91 Å². The first kappa shape index (κ1) is 19.8. The van der Waals surface area contributed by atoms with Crippen LogP contribution in [0.3, 0.4) is 0 Å². The number of rotatable bonds is 7. The molecule has 3 rings (SSSR count). The molecule has 0 aliphatic rings. The predicted octanol–water partition coefficient (Wildman–Crippen LogP) is 5.07. The fourth-order valence-electron chi connectivity index (χ4n) is 2.41. The fourth-order valence-corrected chi connectivity index (χ4v) is 3.34. The average Bonchev–Trinajstić information content (AvgIpc) is 3.25. The Morgan fingerprint density at radius 3 is 2.85 bits per heavy atom. The number of amides is 1. The van der Waals surface area contributed by atoms with E-state index in [0.717, 1.165) is 10.2 Å². The van der Waals surface area contributed by atoms with E-state index in [9.17, 15) is 4.79 Å². The maximum absolute atomic E-state index is 12.3. The summed E-state index contributed by atoms with van der Waals surface area (Å²) < 4.78 is 13.8. The summed E-state index contributed by atoms with van der Waals surface area (Å²) in [6.45, 7) is 3.03. The number of aryl methyl sites for hydroxylation is 1. The lowest BCUT2D eigenvalue weighted by molar-refractivity contribution is 0.0918. The molecule has 9 heteroatoms. The van der Waals surface area contributed by atoms with E-state index in [4.69, 9.17) is 32.4 Å². The van der Waals surface area contributed by atoms with Crippen molar-refractivity contribution in [3.8, 4) is 5.75 Å². The van der Waals surface area contributed by atoms with E-state index in [1.165, 1.54) is 0 Å². The predicted molar refractivity (Wildman–Crippen MR) is 106 cm³/mol. The minimum atomic E-state index is -0.345. The lowest BCUT2D eigenvalue weighted by Gasteiger charge is -2.07. The molecule has 0 spiro atoms. The Bertz CT molecular complexity index is 955. The quantitative estimate of drug-likeness (QED) is 0.520. The van der Waals surface area contributed by atoms with Crippen molar-refractivity contribution in [2.45, 2.75) is 26.6 Å². The zero-order valence-electron chi connectivity index (χ0n) is 14.3. The monoisotopic (exact) mass is 471 g/mol. The highest BCUT2D eigenvalue weighted by atomic mass is 79.9. The van der Waals surface area contributed by atoms with Crippen LogP contribution in [0.15, 0.2) is 45.4 Å². The van der Waals surface area contributed by atoms with Crippen LogP contribution in [0.4, 0.5) is 0 Å². The van der Waals surface area contributed by atoms with Crippen molar-refractivity contribution in [3.63, 3.8) is 0 Å². The van der Waals surface area contributed by atoms with Crippen molar-refractivity contribution in [1.82, 2.24) is 15.1 Å². The highest BCUT2D eigenvalue weighted by molar-refractivity contribution is 9.10. The molecule has 2 aromatic heterocycles. The van der Waals surface area contributed by atoms with Gasteiger partial charge in [0.05, 0.1) is 28.5 Å². The summed E-state index contributed by atoms with van der Waals surface area (Å²) in [7, 11) is 0. The van der Waals surface area contributed by atoms with E-state index in [1.54, 1.807) is 35.1 Å². The second kappa shape index (κ2) is 8.82. The van der Waals surface area contributed by atoms with Gasteiger partial charge in [-0.3, -0.25) is 9.48 Å². The van der Waals surface area contributed by atoms with Gasteiger partial charge < -0.3 is 14.5 Å². The first-order valence-corrected chi connectivity index (χ1v) is 9.67. The van der Waals surface area contributed by atoms with Crippen LogP contribution >= 0.6 is 39.1 Å². The van der Waals surface area contributed by atoms with Crippen molar-refractivity contribution in [2.24, 2.45) is 0 Å². The molecule has 0 saturated heterocycles. The van der Waals surface area contributed by atoms with E-state index in [-0.39, 0.29) is 24.8 Å². The molecule has 142 valence electrons. The third kappa shape index (κ3) is 4.86. The van der Waals surface area contributed by atoms with Crippen molar-refractivity contribution in [2.75, 3.05) is 0 Å². The SMILES string of the molecule is CCn1ncc(Cl)c1CNC(=O)c1ccc(COc2ccc(Br)cc2Cl)o1. The molecule has 0 aliphatic heterocycles. The van der Waals surface area contributed by atoms with Gasteiger partial charge in [0.1, 0.15) is 18.1 Å². The van der Waals surface area contributed by atoms with Crippen LogP contribution in [0.1, 0.15) is 28.9 Å². The van der Waals surface area contributed by atoms with E-state index in [1.807, 2.05) is 13.0 Å². The first-order chi connectivity index (χ1) is 13.0. The van der Waals surface area contributed by atoms with Crippen LogP contribution in [0.2, 0.25) is 10.0 Å². The third-order valence-electron chi connectivity index (χ3n) is 3.76. The van der Waals surface area contributed by atoms with Gasteiger partial charge in [-0.1, -0.05) is 39.1 Å². The standard InChI is InChI=1S/C18H16BrCl2N3O3/c1-2-24-15(14(21)8-23-24)9-22-18(25)17-6-4-12(27-17)10-26-16-5-3-11(19)7-13(16)20/h3-8H,2,9-10H2,1H3,(H,22,25). The van der Waals surface area contributed by atoms with Crippen molar-refractivity contribution >= 4 is 45.0 Å². The minimum Gasteiger partial charge on any atom is -0.484 e. The molecular formula is C18H16BrCl2N3O3. The van der Waals surface area contributed by atoms with Gasteiger partial charge in [0.2, 0.25) is 0 Å². The van der Waals surface area contributed by atoms with E-state index in [0.29, 0.717) is 28.1 Å². The summed E-state index contributed by atoms with van der Waals surface area (Å²) >= 11 is 15.5. The Morgan fingerprint density at radius 1 is 1.30 bits per heavy atom. The van der Waals surface area contributed by atoms with Crippen LogP contribution < -0.4 is 10.1 Å². The Kier molecular flexibility index (Phi) is 6.46. The molecule has 0 bridgehead atoms. The number of carbonyl (C=O) groups excluding carboxylic acids is 1. The van der Waals surface area contributed by atoms with Crippen LogP contribution in [0.25, 0.3) is 0 Å². The normalized spacial score (nSPS) is 10.8.